The van der Waals surface area contributed by atoms with E-state index in [2.05, 4.69) is 16.0 Å². The monoisotopic (exact) mass is 545 g/mol. The minimum Gasteiger partial charge on any atom is -0.493 e. The molecule has 0 aliphatic carbocycles. The van der Waals surface area contributed by atoms with E-state index in [1.165, 1.54) is 0 Å². The second kappa shape index (κ2) is 10.5. The standard InChI is InChI=1S/C22H29N3O4S.C2HF3O2/c1-28-21-13-18-19(14-22(21)29-2)23-8-7-20(18)25-15-5-6-16(25)12-17(11-15)24-9-3-4-10-30(24,26)27;3-2(4,5)1(6)7/h7-8,13-17H,3-6,9-12H2,1-2H3;(H,6,7). The van der Waals surface area contributed by atoms with E-state index in [4.69, 9.17) is 19.4 Å². The first-order valence-electron chi connectivity index (χ1n) is 12.0. The lowest BCUT2D eigenvalue weighted by Gasteiger charge is -2.45. The smallest absolute Gasteiger partial charge is 0.490 e. The molecule has 1 N–H and O–H groups in total. The first-order chi connectivity index (χ1) is 17.5. The molecule has 13 heteroatoms. The van der Waals surface area contributed by atoms with Crippen LogP contribution >= 0.6 is 0 Å². The van der Waals surface area contributed by atoms with E-state index >= 15 is 0 Å². The van der Waals surface area contributed by atoms with Crippen LogP contribution in [0.4, 0.5) is 18.9 Å². The molecule has 3 aliphatic rings. The number of sulfonamides is 1. The number of alkyl halides is 3. The van der Waals surface area contributed by atoms with Crippen LogP contribution in [0.25, 0.3) is 10.9 Å². The fraction of sp³-hybridized carbons (Fsp3) is 0.583. The topological polar surface area (TPSA) is 109 Å². The van der Waals surface area contributed by atoms with E-state index in [1.54, 1.807) is 14.2 Å². The van der Waals surface area contributed by atoms with Crippen molar-refractivity contribution < 1.29 is 41.0 Å². The highest BCUT2D eigenvalue weighted by Crippen LogP contribution is 2.45. The molecule has 0 amide bonds. The number of piperidine rings is 1. The zero-order valence-corrected chi connectivity index (χ0v) is 21.4. The molecular weight excluding hydrogens is 515 g/mol. The first-order valence-corrected chi connectivity index (χ1v) is 13.7. The molecule has 9 nitrogen and oxygen atoms in total. The normalized spacial score (nSPS) is 25.3. The summed E-state index contributed by atoms with van der Waals surface area (Å²) < 4.78 is 69.8. The van der Waals surface area contributed by atoms with Gasteiger partial charge in [-0.3, -0.25) is 4.98 Å². The molecule has 3 saturated heterocycles. The molecule has 37 heavy (non-hydrogen) atoms. The average molecular weight is 546 g/mol. The number of fused-ring (bicyclic) bond motifs is 3. The third-order valence-corrected chi connectivity index (χ3v) is 9.25. The van der Waals surface area contributed by atoms with Gasteiger partial charge in [0.25, 0.3) is 0 Å². The van der Waals surface area contributed by atoms with Gasteiger partial charge < -0.3 is 19.5 Å². The number of pyridine rings is 1. The van der Waals surface area contributed by atoms with E-state index in [-0.39, 0.29) is 6.04 Å². The largest absolute Gasteiger partial charge is 0.493 e. The minimum atomic E-state index is -5.08. The maximum atomic E-state index is 12.7. The van der Waals surface area contributed by atoms with E-state index in [1.807, 2.05) is 22.6 Å². The molecule has 1 aromatic heterocycles. The molecule has 2 unspecified atom stereocenters. The molecule has 204 valence electrons. The number of carboxylic acid groups (broad SMARTS) is 1. The quantitative estimate of drug-likeness (QED) is 0.618. The molecule has 5 rings (SSSR count). The van der Waals surface area contributed by atoms with Gasteiger partial charge in [0.1, 0.15) is 0 Å². The number of methoxy groups -OCH3 is 2. The van der Waals surface area contributed by atoms with Crippen molar-refractivity contribution >= 4 is 32.6 Å². The number of halogens is 3. The molecule has 3 aliphatic heterocycles. The minimum absolute atomic E-state index is 0.131. The highest BCUT2D eigenvalue weighted by Gasteiger charge is 2.45. The van der Waals surface area contributed by atoms with Crippen molar-refractivity contribution in [2.45, 2.75) is 62.8 Å². The molecule has 0 radical (unpaired) electrons. The van der Waals surface area contributed by atoms with Gasteiger partial charge in [-0.05, 0) is 50.7 Å². The van der Waals surface area contributed by atoms with E-state index in [9.17, 15) is 21.6 Å². The lowest BCUT2D eigenvalue weighted by Crippen LogP contribution is -2.53. The number of benzene rings is 1. The number of nitrogens with zero attached hydrogens (tertiary/aromatic N) is 3. The number of carbonyl (C=O) groups is 1. The molecule has 4 heterocycles. The highest BCUT2D eigenvalue weighted by molar-refractivity contribution is 7.89. The van der Waals surface area contributed by atoms with Crippen LogP contribution < -0.4 is 14.4 Å². The Hall–Kier alpha value is -2.80. The fourth-order valence-electron chi connectivity index (χ4n) is 5.68. The first kappa shape index (κ1) is 27.2. The molecule has 2 atom stereocenters. The van der Waals surface area contributed by atoms with Crippen molar-refractivity contribution in [3.05, 3.63) is 24.4 Å². The van der Waals surface area contributed by atoms with Gasteiger partial charge in [-0.2, -0.15) is 17.5 Å². The van der Waals surface area contributed by atoms with Crippen molar-refractivity contribution in [1.29, 1.82) is 0 Å². The Morgan fingerprint density at radius 3 is 2.19 bits per heavy atom. The number of aliphatic carboxylic acids is 1. The van der Waals surface area contributed by atoms with Crippen LogP contribution in [0.2, 0.25) is 0 Å². The Labute approximate surface area is 213 Å². The summed E-state index contributed by atoms with van der Waals surface area (Å²) in [6.07, 6.45) is 2.53. The SMILES string of the molecule is COc1cc2nccc(N3C4CCC3CC(N3CCCCS3(=O)=O)C4)c2cc1OC.O=C(O)C(F)(F)F. The zero-order valence-electron chi connectivity index (χ0n) is 20.6. The molecule has 0 saturated carbocycles. The van der Waals surface area contributed by atoms with Crippen molar-refractivity contribution in [2.75, 3.05) is 31.4 Å². The van der Waals surface area contributed by atoms with Crippen LogP contribution in [-0.4, -0.2) is 79.6 Å². The van der Waals surface area contributed by atoms with Crippen LogP contribution in [-0.2, 0) is 14.8 Å². The van der Waals surface area contributed by atoms with Gasteiger partial charge in [0.05, 0.1) is 25.5 Å². The summed E-state index contributed by atoms with van der Waals surface area (Å²) in [6.45, 7) is 0.682. The van der Waals surface area contributed by atoms with E-state index in [0.29, 0.717) is 35.9 Å². The highest BCUT2D eigenvalue weighted by atomic mass is 32.2. The van der Waals surface area contributed by atoms with Crippen LogP contribution in [0.5, 0.6) is 11.5 Å². The molecule has 3 fully saturated rings. The lowest BCUT2D eigenvalue weighted by molar-refractivity contribution is -0.192. The fourth-order valence-corrected chi connectivity index (χ4v) is 7.52. The molecule has 1 aromatic carbocycles. The Bertz CT molecular complexity index is 1240. The maximum absolute atomic E-state index is 12.7. The van der Waals surface area contributed by atoms with Gasteiger partial charge in [0.15, 0.2) is 11.5 Å². The number of carboxylic acids is 1. The molecular formula is C24H30F3N3O6S. The summed E-state index contributed by atoms with van der Waals surface area (Å²) in [6, 6.07) is 6.85. The van der Waals surface area contributed by atoms with Crippen LogP contribution in [0, 0.1) is 0 Å². The summed E-state index contributed by atoms with van der Waals surface area (Å²) in [5.74, 6) is -1.08. The van der Waals surface area contributed by atoms with Crippen molar-refractivity contribution in [1.82, 2.24) is 9.29 Å². The van der Waals surface area contributed by atoms with Crippen LogP contribution in [0.3, 0.4) is 0 Å². The summed E-state index contributed by atoms with van der Waals surface area (Å²) in [5.41, 5.74) is 2.04. The summed E-state index contributed by atoms with van der Waals surface area (Å²) >= 11 is 0. The number of rotatable bonds is 4. The van der Waals surface area contributed by atoms with E-state index < -0.39 is 22.2 Å². The summed E-state index contributed by atoms with van der Waals surface area (Å²) in [5, 5.41) is 8.18. The van der Waals surface area contributed by atoms with Crippen molar-refractivity contribution in [3.63, 3.8) is 0 Å². The average Bonchev–Trinajstić information content (AvgIpc) is 3.10. The number of aromatic nitrogens is 1. The predicted octanol–water partition coefficient (Wildman–Crippen LogP) is 3.81. The van der Waals surface area contributed by atoms with Gasteiger partial charge in [-0.1, -0.05) is 0 Å². The third-order valence-electron chi connectivity index (χ3n) is 7.25. The maximum Gasteiger partial charge on any atom is 0.490 e. The summed E-state index contributed by atoms with van der Waals surface area (Å²) in [4.78, 5) is 16.0. The second-order valence-electron chi connectivity index (χ2n) is 9.41. The van der Waals surface area contributed by atoms with E-state index in [0.717, 1.165) is 55.1 Å². The number of anilines is 1. The molecule has 2 bridgehead atoms. The van der Waals surface area contributed by atoms with Crippen LogP contribution in [0.1, 0.15) is 38.5 Å². The summed E-state index contributed by atoms with van der Waals surface area (Å²) in [7, 11) is 0.178. The third kappa shape index (κ3) is 5.57. The van der Waals surface area contributed by atoms with Crippen molar-refractivity contribution in [2.24, 2.45) is 0 Å². The number of ether oxygens (including phenoxy) is 2. The Morgan fingerprint density at radius 2 is 1.65 bits per heavy atom. The van der Waals surface area contributed by atoms with Gasteiger partial charge in [-0.25, -0.2) is 13.2 Å². The van der Waals surface area contributed by atoms with Crippen molar-refractivity contribution in [3.8, 4) is 11.5 Å². The molecule has 2 aromatic rings. The Balaban J connectivity index is 0.000000405. The predicted molar refractivity (Wildman–Crippen MR) is 131 cm³/mol. The van der Waals surface area contributed by atoms with Gasteiger partial charge >= 0.3 is 12.1 Å². The Morgan fingerprint density at radius 1 is 1.05 bits per heavy atom. The van der Waals surface area contributed by atoms with Gasteiger partial charge in [0.2, 0.25) is 10.0 Å². The number of hydrogen-bond donors (Lipinski definition) is 1. The van der Waals surface area contributed by atoms with Gasteiger partial charge in [-0.15, -0.1) is 0 Å². The lowest BCUT2D eigenvalue weighted by atomic mass is 9.95. The molecule has 0 spiro atoms. The van der Waals surface area contributed by atoms with Crippen LogP contribution in [0.15, 0.2) is 24.4 Å². The Kier molecular flexibility index (Phi) is 7.75. The van der Waals surface area contributed by atoms with Gasteiger partial charge in [0, 0.05) is 48.0 Å². The zero-order chi connectivity index (χ0) is 27.0. The second-order valence-corrected chi connectivity index (χ2v) is 11.4. The number of hydrogen-bond acceptors (Lipinski definition) is 7.